The van der Waals surface area contributed by atoms with Crippen molar-refractivity contribution in [2.45, 2.75) is 19.1 Å². The molecule has 84 valence electrons. The van der Waals surface area contributed by atoms with Crippen molar-refractivity contribution >= 4 is 0 Å². The number of nitrogens with two attached hydrogens (primary N) is 1. The lowest BCUT2D eigenvalue weighted by Crippen LogP contribution is -2.09. The summed E-state index contributed by atoms with van der Waals surface area (Å²) in [7, 11) is 3.35. The zero-order chi connectivity index (χ0) is 11.3. The molecule has 0 radical (unpaired) electrons. The maximum absolute atomic E-state index is 5.78. The molecule has 3 nitrogen and oxygen atoms in total. The molecule has 0 saturated carbocycles. The summed E-state index contributed by atoms with van der Waals surface area (Å²) in [5.41, 5.74) is 8.02. The quantitative estimate of drug-likeness (QED) is 0.807. The van der Waals surface area contributed by atoms with Crippen molar-refractivity contribution in [3.63, 3.8) is 0 Å². The lowest BCUT2D eigenvalue weighted by Gasteiger charge is -2.15. The van der Waals surface area contributed by atoms with E-state index in [0.29, 0.717) is 6.61 Å². The average Bonchev–Trinajstić information content (AvgIpc) is 2.26. The van der Waals surface area contributed by atoms with Crippen LogP contribution in [0.5, 0.6) is 0 Å². The van der Waals surface area contributed by atoms with Crippen LogP contribution in [-0.4, -0.2) is 20.8 Å². The Bertz CT molecular complexity index is 282. The minimum Gasteiger partial charge on any atom is -0.382 e. The minimum atomic E-state index is -0.00266. The van der Waals surface area contributed by atoms with Gasteiger partial charge in [-0.15, -0.1) is 0 Å². The van der Waals surface area contributed by atoms with Crippen LogP contribution < -0.4 is 5.73 Å². The summed E-state index contributed by atoms with van der Waals surface area (Å²) in [4.78, 5) is 0. The van der Waals surface area contributed by atoms with Crippen LogP contribution in [0.15, 0.2) is 24.3 Å². The molecular formula is C12H19NO2. The lowest BCUT2D eigenvalue weighted by molar-refractivity contribution is 0.0275. The zero-order valence-corrected chi connectivity index (χ0v) is 9.57. The smallest absolute Gasteiger partial charge is 0.105 e. The topological polar surface area (TPSA) is 44.5 Å². The fourth-order valence-electron chi connectivity index (χ4n) is 1.47. The number of hydrogen-bond acceptors (Lipinski definition) is 3. The van der Waals surface area contributed by atoms with Gasteiger partial charge in [0.15, 0.2) is 0 Å². The van der Waals surface area contributed by atoms with Crippen molar-refractivity contribution in [2.75, 3.05) is 20.8 Å². The number of ether oxygens (including phenoxy) is 2. The van der Waals surface area contributed by atoms with Gasteiger partial charge in [-0.2, -0.15) is 0 Å². The Kier molecular flexibility index (Phi) is 4.75. The van der Waals surface area contributed by atoms with E-state index in [1.54, 1.807) is 14.2 Å². The molecule has 2 atom stereocenters. The molecule has 1 aromatic rings. The van der Waals surface area contributed by atoms with Gasteiger partial charge in [-0.1, -0.05) is 24.3 Å². The summed E-state index contributed by atoms with van der Waals surface area (Å²) in [5.74, 6) is 0. The highest BCUT2D eigenvalue weighted by Gasteiger charge is 2.10. The van der Waals surface area contributed by atoms with Crippen LogP contribution in [0, 0.1) is 0 Å². The summed E-state index contributed by atoms with van der Waals surface area (Å²) in [6, 6.07) is 8.20. The van der Waals surface area contributed by atoms with Crippen molar-refractivity contribution in [2.24, 2.45) is 5.73 Å². The highest BCUT2D eigenvalue weighted by Crippen LogP contribution is 2.19. The van der Waals surface area contributed by atoms with E-state index >= 15 is 0 Å². The first-order valence-corrected chi connectivity index (χ1v) is 5.06. The summed E-state index contributed by atoms with van der Waals surface area (Å²) in [6.07, 6.45) is -0.00266. The highest BCUT2D eigenvalue weighted by atomic mass is 16.5. The molecule has 15 heavy (non-hydrogen) atoms. The van der Waals surface area contributed by atoms with Gasteiger partial charge in [0.05, 0.1) is 6.61 Å². The van der Waals surface area contributed by atoms with E-state index in [1.807, 2.05) is 31.2 Å². The molecule has 0 aliphatic carbocycles. The van der Waals surface area contributed by atoms with Crippen LogP contribution in [-0.2, 0) is 9.47 Å². The van der Waals surface area contributed by atoms with E-state index in [9.17, 15) is 0 Å². The first kappa shape index (κ1) is 12.2. The third-order valence-corrected chi connectivity index (χ3v) is 2.44. The van der Waals surface area contributed by atoms with Crippen LogP contribution in [0.1, 0.15) is 30.2 Å². The predicted octanol–water partition coefficient (Wildman–Crippen LogP) is 2.04. The first-order valence-electron chi connectivity index (χ1n) is 5.06. The normalized spacial score (nSPS) is 14.9. The Morgan fingerprint density at radius 3 is 2.07 bits per heavy atom. The second-order valence-electron chi connectivity index (χ2n) is 3.64. The molecule has 0 saturated heterocycles. The fraction of sp³-hybridized carbons (Fsp3) is 0.500. The van der Waals surface area contributed by atoms with Gasteiger partial charge in [-0.05, 0) is 18.1 Å². The van der Waals surface area contributed by atoms with E-state index < -0.39 is 0 Å². The van der Waals surface area contributed by atoms with E-state index in [1.165, 1.54) is 0 Å². The monoisotopic (exact) mass is 209 g/mol. The van der Waals surface area contributed by atoms with E-state index in [2.05, 4.69) is 0 Å². The molecule has 1 rings (SSSR count). The zero-order valence-electron chi connectivity index (χ0n) is 9.57. The van der Waals surface area contributed by atoms with Crippen LogP contribution in [0.25, 0.3) is 0 Å². The molecule has 0 amide bonds. The van der Waals surface area contributed by atoms with Gasteiger partial charge < -0.3 is 15.2 Å². The van der Waals surface area contributed by atoms with Crippen LogP contribution in [0.2, 0.25) is 0 Å². The van der Waals surface area contributed by atoms with E-state index in [-0.39, 0.29) is 12.1 Å². The molecule has 0 aliphatic rings. The predicted molar refractivity (Wildman–Crippen MR) is 60.7 cm³/mol. The van der Waals surface area contributed by atoms with Crippen molar-refractivity contribution in [3.05, 3.63) is 35.4 Å². The Morgan fingerprint density at radius 2 is 1.67 bits per heavy atom. The van der Waals surface area contributed by atoms with Crippen molar-refractivity contribution in [3.8, 4) is 0 Å². The van der Waals surface area contributed by atoms with Gasteiger partial charge in [0.25, 0.3) is 0 Å². The van der Waals surface area contributed by atoms with Crippen LogP contribution in [0.4, 0.5) is 0 Å². The molecule has 2 unspecified atom stereocenters. The van der Waals surface area contributed by atoms with Crippen LogP contribution in [0.3, 0.4) is 0 Å². The second kappa shape index (κ2) is 5.85. The third kappa shape index (κ3) is 3.30. The molecule has 0 bridgehead atoms. The summed E-state index contributed by atoms with van der Waals surface area (Å²) in [5, 5.41) is 0. The molecule has 0 fully saturated rings. The Morgan fingerprint density at radius 1 is 1.13 bits per heavy atom. The summed E-state index contributed by atoms with van der Waals surface area (Å²) < 4.78 is 10.4. The van der Waals surface area contributed by atoms with Gasteiger partial charge in [0, 0.05) is 20.3 Å². The first-order chi connectivity index (χ1) is 7.19. The van der Waals surface area contributed by atoms with Crippen molar-refractivity contribution in [1.29, 1.82) is 0 Å². The number of rotatable bonds is 5. The number of benzene rings is 1. The molecular weight excluding hydrogens is 190 g/mol. The lowest BCUT2D eigenvalue weighted by atomic mass is 10.0. The molecule has 0 spiro atoms. The molecule has 0 aromatic heterocycles. The fourth-order valence-corrected chi connectivity index (χ4v) is 1.47. The molecule has 0 heterocycles. The number of hydrogen-bond donors (Lipinski definition) is 1. The van der Waals surface area contributed by atoms with E-state index in [4.69, 9.17) is 15.2 Å². The van der Waals surface area contributed by atoms with E-state index in [0.717, 1.165) is 11.1 Å². The van der Waals surface area contributed by atoms with Gasteiger partial charge >= 0.3 is 0 Å². The van der Waals surface area contributed by atoms with Crippen molar-refractivity contribution < 1.29 is 9.47 Å². The second-order valence-corrected chi connectivity index (χ2v) is 3.64. The van der Waals surface area contributed by atoms with Gasteiger partial charge in [0.1, 0.15) is 6.10 Å². The molecule has 3 heteroatoms. The largest absolute Gasteiger partial charge is 0.382 e. The Labute approximate surface area is 91.2 Å². The maximum Gasteiger partial charge on any atom is 0.105 e. The standard InChI is InChI=1S/C12H19NO2/c1-9(13)10-4-6-11(7-5-10)12(15-3)8-14-2/h4-7,9,12H,8,13H2,1-3H3. The van der Waals surface area contributed by atoms with Gasteiger partial charge in [-0.3, -0.25) is 0 Å². The van der Waals surface area contributed by atoms with Crippen molar-refractivity contribution in [1.82, 2.24) is 0 Å². The van der Waals surface area contributed by atoms with Gasteiger partial charge in [-0.25, -0.2) is 0 Å². The molecule has 0 aliphatic heterocycles. The van der Waals surface area contributed by atoms with Crippen LogP contribution >= 0.6 is 0 Å². The SMILES string of the molecule is COCC(OC)c1ccc(C(C)N)cc1. The Hall–Kier alpha value is -0.900. The molecule has 2 N–H and O–H groups in total. The minimum absolute atomic E-state index is 0.00266. The number of methoxy groups -OCH3 is 2. The Balaban J connectivity index is 2.77. The summed E-state index contributed by atoms with van der Waals surface area (Å²) in [6.45, 7) is 2.53. The summed E-state index contributed by atoms with van der Waals surface area (Å²) >= 11 is 0. The van der Waals surface area contributed by atoms with Gasteiger partial charge in [0.2, 0.25) is 0 Å². The third-order valence-electron chi connectivity index (χ3n) is 2.44. The average molecular weight is 209 g/mol. The maximum atomic E-state index is 5.78. The molecule has 1 aromatic carbocycles. The highest BCUT2D eigenvalue weighted by molar-refractivity contribution is 5.26.